The molecule has 7 nitrogen and oxygen atoms in total. The normalized spacial score (nSPS) is 16.7. The minimum absolute atomic E-state index is 0.217. The van der Waals surface area contributed by atoms with Gasteiger partial charge in [-0.15, -0.1) is 0 Å². The maximum Gasteiger partial charge on any atom is 0.329 e. The summed E-state index contributed by atoms with van der Waals surface area (Å²) in [6.45, 7) is 0.228. The molecule has 2 heterocycles. The molecule has 1 atom stereocenters. The topological polar surface area (TPSA) is 93.3 Å². The number of unbranched alkanes of at least 4 members (excludes halogenated alkanes) is 4. The van der Waals surface area contributed by atoms with Crippen LogP contribution in [0, 0.1) is 11.8 Å². The number of imidazole rings is 1. The standard InChI is InChI=1S/C21H25N3O4/c1-23-19-15(9-6-4-2-3-5-7-14-25)10-8-11-16(19)24(21(23)28)17-12-13-18(26)22-20(17)27/h8,10-11,17,25H,2-5,7,12-14H2,1H3,(H,22,26,27). The van der Waals surface area contributed by atoms with Crippen LogP contribution in [0.25, 0.3) is 11.0 Å². The molecule has 1 unspecified atom stereocenters. The van der Waals surface area contributed by atoms with Gasteiger partial charge in [-0.25, -0.2) is 4.79 Å². The molecule has 1 fully saturated rings. The van der Waals surface area contributed by atoms with Crippen molar-refractivity contribution in [1.82, 2.24) is 14.5 Å². The smallest absolute Gasteiger partial charge is 0.329 e. The summed E-state index contributed by atoms with van der Waals surface area (Å²) in [5.74, 6) is 5.57. The highest BCUT2D eigenvalue weighted by molar-refractivity contribution is 6.00. The molecule has 0 saturated carbocycles. The number of rotatable bonds is 6. The minimum atomic E-state index is -0.691. The molecule has 1 saturated heterocycles. The highest BCUT2D eigenvalue weighted by Gasteiger charge is 2.31. The van der Waals surface area contributed by atoms with Crippen LogP contribution >= 0.6 is 0 Å². The predicted molar refractivity (Wildman–Crippen MR) is 106 cm³/mol. The molecule has 1 aliphatic rings. The lowest BCUT2D eigenvalue weighted by Gasteiger charge is -2.21. The van der Waals surface area contributed by atoms with E-state index in [1.807, 2.05) is 12.1 Å². The van der Waals surface area contributed by atoms with Gasteiger partial charge in [-0.1, -0.05) is 30.7 Å². The predicted octanol–water partition coefficient (Wildman–Crippen LogP) is 1.61. The Morgan fingerprint density at radius 3 is 2.71 bits per heavy atom. The lowest BCUT2D eigenvalue weighted by atomic mass is 10.1. The van der Waals surface area contributed by atoms with Gasteiger partial charge in [0.2, 0.25) is 11.8 Å². The van der Waals surface area contributed by atoms with E-state index in [1.165, 1.54) is 9.13 Å². The zero-order valence-corrected chi connectivity index (χ0v) is 16.0. The van der Waals surface area contributed by atoms with Crippen molar-refractivity contribution in [2.45, 2.75) is 51.0 Å². The first-order valence-corrected chi connectivity index (χ1v) is 9.68. The summed E-state index contributed by atoms with van der Waals surface area (Å²) < 4.78 is 2.99. The Bertz CT molecular complexity index is 1010. The van der Waals surface area contributed by atoms with Gasteiger partial charge in [0.15, 0.2) is 0 Å². The SMILES string of the molecule is Cn1c(=O)n(C2CCC(=O)NC2=O)c2cccc(C#CCCCCCCO)c21. The average molecular weight is 383 g/mol. The Morgan fingerprint density at radius 2 is 1.96 bits per heavy atom. The number of hydrogen-bond donors (Lipinski definition) is 2. The lowest BCUT2D eigenvalue weighted by molar-refractivity contribution is -0.135. The van der Waals surface area contributed by atoms with Gasteiger partial charge >= 0.3 is 5.69 Å². The monoisotopic (exact) mass is 383 g/mol. The number of carbonyl (C=O) groups excluding carboxylic acids is 2. The van der Waals surface area contributed by atoms with Crippen LogP contribution in [0.5, 0.6) is 0 Å². The fourth-order valence-corrected chi connectivity index (χ4v) is 3.61. The summed E-state index contributed by atoms with van der Waals surface area (Å²) in [6.07, 6.45) is 5.11. The van der Waals surface area contributed by atoms with E-state index >= 15 is 0 Å². The average Bonchev–Trinajstić information content (AvgIpc) is 2.93. The van der Waals surface area contributed by atoms with Crippen LogP contribution in [0.3, 0.4) is 0 Å². The molecule has 28 heavy (non-hydrogen) atoms. The van der Waals surface area contributed by atoms with Crippen molar-refractivity contribution in [3.8, 4) is 11.8 Å². The quantitative estimate of drug-likeness (QED) is 0.450. The van der Waals surface area contributed by atoms with Crippen molar-refractivity contribution < 1.29 is 14.7 Å². The molecule has 0 spiro atoms. The molecule has 0 radical (unpaired) electrons. The van der Waals surface area contributed by atoms with Crippen LogP contribution in [-0.4, -0.2) is 32.7 Å². The van der Waals surface area contributed by atoms with Crippen molar-refractivity contribution >= 4 is 22.8 Å². The second kappa shape index (κ2) is 8.89. The third-order valence-corrected chi connectivity index (χ3v) is 5.06. The van der Waals surface area contributed by atoms with Gasteiger partial charge in [-0.2, -0.15) is 0 Å². The number of fused-ring (bicyclic) bond motifs is 1. The van der Waals surface area contributed by atoms with Gasteiger partial charge in [0.05, 0.1) is 16.6 Å². The Kier molecular flexibility index (Phi) is 6.32. The van der Waals surface area contributed by atoms with E-state index in [1.54, 1.807) is 13.1 Å². The number of aliphatic hydroxyl groups excluding tert-OH is 1. The van der Waals surface area contributed by atoms with E-state index in [0.717, 1.165) is 37.7 Å². The molecule has 1 aromatic heterocycles. The van der Waals surface area contributed by atoms with Crippen LogP contribution in [0.1, 0.15) is 56.6 Å². The molecule has 1 aliphatic heterocycles. The Hall–Kier alpha value is -2.85. The van der Waals surface area contributed by atoms with Crippen LogP contribution in [-0.2, 0) is 16.6 Å². The molecule has 2 N–H and O–H groups in total. The molecule has 148 valence electrons. The van der Waals surface area contributed by atoms with E-state index < -0.39 is 11.9 Å². The number of para-hydroxylation sites is 1. The molecule has 2 aromatic rings. The van der Waals surface area contributed by atoms with Crippen molar-refractivity contribution in [2.24, 2.45) is 7.05 Å². The van der Waals surface area contributed by atoms with E-state index in [-0.39, 0.29) is 24.6 Å². The van der Waals surface area contributed by atoms with Gasteiger partial charge in [-0.05, 0) is 31.4 Å². The Balaban J connectivity index is 1.89. The Labute approximate surface area is 163 Å². The van der Waals surface area contributed by atoms with Crippen LogP contribution < -0.4 is 11.0 Å². The number of imide groups is 1. The fraction of sp³-hybridized carbons (Fsp3) is 0.476. The number of amides is 2. The van der Waals surface area contributed by atoms with E-state index in [2.05, 4.69) is 17.2 Å². The summed E-state index contributed by atoms with van der Waals surface area (Å²) >= 11 is 0. The van der Waals surface area contributed by atoms with Crippen molar-refractivity contribution in [3.05, 3.63) is 34.2 Å². The zero-order valence-electron chi connectivity index (χ0n) is 16.0. The maximum atomic E-state index is 12.8. The minimum Gasteiger partial charge on any atom is -0.396 e. The number of aryl methyl sites for hydroxylation is 1. The number of piperidine rings is 1. The molecule has 2 amide bonds. The lowest BCUT2D eigenvalue weighted by Crippen LogP contribution is -2.44. The van der Waals surface area contributed by atoms with E-state index in [9.17, 15) is 14.4 Å². The van der Waals surface area contributed by atoms with Gasteiger partial charge in [0, 0.05) is 26.5 Å². The molecule has 0 aliphatic carbocycles. The molecule has 0 bridgehead atoms. The van der Waals surface area contributed by atoms with Crippen molar-refractivity contribution in [2.75, 3.05) is 6.61 Å². The first-order chi connectivity index (χ1) is 13.5. The number of aromatic nitrogens is 2. The second-order valence-corrected chi connectivity index (χ2v) is 7.04. The first kappa shape index (κ1) is 19.9. The summed E-state index contributed by atoms with van der Waals surface area (Å²) in [4.78, 5) is 36.5. The zero-order chi connectivity index (χ0) is 20.1. The summed E-state index contributed by atoms with van der Waals surface area (Å²) in [5.41, 5.74) is 1.81. The van der Waals surface area contributed by atoms with E-state index in [4.69, 9.17) is 5.11 Å². The number of aliphatic hydroxyl groups is 1. The van der Waals surface area contributed by atoms with Gasteiger partial charge < -0.3 is 5.11 Å². The third kappa shape index (κ3) is 4.02. The van der Waals surface area contributed by atoms with Crippen molar-refractivity contribution in [1.29, 1.82) is 0 Å². The summed E-state index contributed by atoms with van der Waals surface area (Å²) in [7, 11) is 1.67. The first-order valence-electron chi connectivity index (χ1n) is 9.68. The second-order valence-electron chi connectivity index (χ2n) is 7.04. The maximum absolute atomic E-state index is 12.8. The number of benzene rings is 1. The number of hydrogen-bond acceptors (Lipinski definition) is 4. The van der Waals surface area contributed by atoms with Crippen molar-refractivity contribution in [3.63, 3.8) is 0 Å². The molecule has 3 rings (SSSR count). The van der Waals surface area contributed by atoms with Gasteiger partial charge in [0.1, 0.15) is 6.04 Å². The number of nitrogens with one attached hydrogen (secondary N) is 1. The van der Waals surface area contributed by atoms with Crippen LogP contribution in [0.15, 0.2) is 23.0 Å². The van der Waals surface area contributed by atoms with Gasteiger partial charge in [-0.3, -0.25) is 24.0 Å². The van der Waals surface area contributed by atoms with Crippen LogP contribution in [0.4, 0.5) is 0 Å². The fourth-order valence-electron chi connectivity index (χ4n) is 3.61. The molecule has 7 heteroatoms. The highest BCUT2D eigenvalue weighted by atomic mass is 16.3. The summed E-state index contributed by atoms with van der Waals surface area (Å²) in [6, 6.07) is 4.81. The highest BCUT2D eigenvalue weighted by Crippen LogP contribution is 2.24. The number of nitrogens with zero attached hydrogens (tertiary/aromatic N) is 2. The molecular formula is C21H25N3O4. The van der Waals surface area contributed by atoms with Gasteiger partial charge in [0.25, 0.3) is 0 Å². The number of carbonyl (C=O) groups is 2. The summed E-state index contributed by atoms with van der Waals surface area (Å²) in [5, 5.41) is 11.1. The van der Waals surface area contributed by atoms with Crippen LogP contribution in [0.2, 0.25) is 0 Å². The Morgan fingerprint density at radius 1 is 1.18 bits per heavy atom. The largest absolute Gasteiger partial charge is 0.396 e. The molecular weight excluding hydrogens is 358 g/mol. The van der Waals surface area contributed by atoms with E-state index in [0.29, 0.717) is 17.5 Å². The third-order valence-electron chi connectivity index (χ3n) is 5.06. The molecule has 1 aromatic carbocycles.